The molecule has 2 rings (SSSR count). The number of thiocarbonyl (C=S) groups is 1. The Morgan fingerprint density at radius 3 is 2.72 bits per heavy atom. The molecule has 0 radical (unpaired) electrons. The van der Waals surface area contributed by atoms with Crippen LogP contribution in [0.3, 0.4) is 0 Å². The molecule has 18 heavy (non-hydrogen) atoms. The largest absolute Gasteiger partial charge is 0.396 e. The molecule has 4 unspecified atom stereocenters. The maximum atomic E-state index is 10.00. The van der Waals surface area contributed by atoms with Crippen molar-refractivity contribution in [3.05, 3.63) is 30.1 Å². The molecule has 0 spiro atoms. The molecule has 1 saturated carbocycles. The van der Waals surface area contributed by atoms with Gasteiger partial charge in [-0.05, 0) is 6.07 Å². The minimum absolute atomic E-state index is 0.135. The smallest absolute Gasteiger partial charge is 0.186 e. The highest BCUT2D eigenvalue weighted by Gasteiger charge is 2.46. The SMILES string of the molecule is NC(=S)c1ccc[n+](C2CC(CO)C(O)C2O)c1. The summed E-state index contributed by atoms with van der Waals surface area (Å²) in [4.78, 5) is 0.288. The lowest BCUT2D eigenvalue weighted by atomic mass is 10.1. The second kappa shape index (κ2) is 5.27. The number of aliphatic hydroxyl groups excluding tert-OH is 3. The molecule has 0 aliphatic heterocycles. The van der Waals surface area contributed by atoms with Crippen molar-refractivity contribution in [2.75, 3.05) is 6.61 Å². The number of hydrogen-bond donors (Lipinski definition) is 4. The molecule has 1 aromatic heterocycles. The van der Waals surface area contributed by atoms with Crippen LogP contribution in [0.5, 0.6) is 0 Å². The van der Waals surface area contributed by atoms with Crippen molar-refractivity contribution in [3.8, 4) is 0 Å². The Kier molecular flexibility index (Phi) is 3.91. The average molecular weight is 269 g/mol. The topological polar surface area (TPSA) is 90.6 Å². The third-order valence-corrected chi connectivity index (χ3v) is 3.73. The third-order valence-electron chi connectivity index (χ3n) is 3.50. The van der Waals surface area contributed by atoms with Crippen LogP contribution in [0.2, 0.25) is 0 Å². The van der Waals surface area contributed by atoms with Gasteiger partial charge in [0, 0.05) is 25.0 Å². The molecule has 1 aliphatic carbocycles. The van der Waals surface area contributed by atoms with Crippen LogP contribution in [0.25, 0.3) is 0 Å². The van der Waals surface area contributed by atoms with Gasteiger partial charge in [0.2, 0.25) is 0 Å². The zero-order valence-electron chi connectivity index (χ0n) is 9.81. The molecule has 5 nitrogen and oxygen atoms in total. The van der Waals surface area contributed by atoms with Crippen molar-refractivity contribution in [2.24, 2.45) is 11.7 Å². The molecule has 1 aromatic rings. The van der Waals surface area contributed by atoms with Crippen LogP contribution in [-0.2, 0) is 0 Å². The highest BCUT2D eigenvalue weighted by Crippen LogP contribution is 2.31. The quantitative estimate of drug-likeness (QED) is 0.412. The van der Waals surface area contributed by atoms with E-state index in [-0.39, 0.29) is 23.6 Å². The molecule has 0 aromatic carbocycles. The van der Waals surface area contributed by atoms with Gasteiger partial charge in [0.25, 0.3) is 0 Å². The van der Waals surface area contributed by atoms with E-state index in [1.165, 1.54) is 0 Å². The molecule has 98 valence electrons. The number of hydrogen-bond acceptors (Lipinski definition) is 4. The summed E-state index contributed by atoms with van der Waals surface area (Å²) in [5.41, 5.74) is 6.27. The summed E-state index contributed by atoms with van der Waals surface area (Å²) < 4.78 is 1.79. The van der Waals surface area contributed by atoms with Gasteiger partial charge in [-0.25, -0.2) is 0 Å². The molecule has 0 saturated heterocycles. The average Bonchev–Trinajstić information content (AvgIpc) is 2.66. The van der Waals surface area contributed by atoms with Crippen LogP contribution in [-0.4, -0.2) is 39.1 Å². The van der Waals surface area contributed by atoms with Crippen molar-refractivity contribution in [1.29, 1.82) is 0 Å². The van der Waals surface area contributed by atoms with Gasteiger partial charge in [-0.3, -0.25) is 0 Å². The molecule has 1 fully saturated rings. The summed E-state index contributed by atoms with van der Waals surface area (Å²) in [7, 11) is 0. The molecule has 4 atom stereocenters. The second-order valence-electron chi connectivity index (χ2n) is 4.63. The number of aliphatic hydroxyl groups is 3. The predicted octanol–water partition coefficient (Wildman–Crippen LogP) is -1.12. The molecule has 0 amide bonds. The van der Waals surface area contributed by atoms with Gasteiger partial charge in [0.15, 0.2) is 18.4 Å². The summed E-state index contributed by atoms with van der Waals surface area (Å²) in [6, 6.07) is 3.31. The Morgan fingerprint density at radius 1 is 1.44 bits per heavy atom. The first kappa shape index (κ1) is 13.4. The van der Waals surface area contributed by atoms with Gasteiger partial charge in [-0.2, -0.15) is 4.57 Å². The lowest BCUT2D eigenvalue weighted by Gasteiger charge is -2.13. The van der Waals surface area contributed by atoms with E-state index in [4.69, 9.17) is 23.1 Å². The minimum Gasteiger partial charge on any atom is -0.396 e. The van der Waals surface area contributed by atoms with E-state index in [0.717, 1.165) is 0 Å². The van der Waals surface area contributed by atoms with Gasteiger partial charge in [0.1, 0.15) is 11.1 Å². The fraction of sp³-hybridized carbons (Fsp3) is 0.500. The van der Waals surface area contributed by atoms with E-state index >= 15 is 0 Å². The van der Waals surface area contributed by atoms with E-state index < -0.39 is 12.2 Å². The van der Waals surface area contributed by atoms with Gasteiger partial charge in [-0.1, -0.05) is 12.2 Å². The summed E-state index contributed by atoms with van der Waals surface area (Å²) in [6.45, 7) is -0.135. The molecule has 5 N–H and O–H groups in total. The molecule has 1 heterocycles. The third kappa shape index (κ3) is 2.37. The zero-order valence-corrected chi connectivity index (χ0v) is 10.6. The monoisotopic (exact) mass is 269 g/mol. The Bertz CT molecular complexity index is 455. The van der Waals surface area contributed by atoms with Gasteiger partial charge >= 0.3 is 0 Å². The highest BCUT2D eigenvalue weighted by molar-refractivity contribution is 7.80. The molecule has 1 aliphatic rings. The number of pyridine rings is 1. The first-order chi connectivity index (χ1) is 8.54. The molecule has 6 heteroatoms. The summed E-state index contributed by atoms with van der Waals surface area (Å²) in [5, 5.41) is 28.9. The van der Waals surface area contributed by atoms with E-state index in [1.807, 2.05) is 0 Å². The fourth-order valence-corrected chi connectivity index (χ4v) is 2.54. The predicted molar refractivity (Wildman–Crippen MR) is 68.8 cm³/mol. The van der Waals surface area contributed by atoms with Crippen LogP contribution in [0.1, 0.15) is 18.0 Å². The fourth-order valence-electron chi connectivity index (χ4n) is 2.42. The maximum absolute atomic E-state index is 10.00. The number of aromatic nitrogens is 1. The van der Waals surface area contributed by atoms with Crippen molar-refractivity contribution in [2.45, 2.75) is 24.7 Å². The first-order valence-electron chi connectivity index (χ1n) is 5.82. The summed E-state index contributed by atoms with van der Waals surface area (Å²) in [5.74, 6) is -0.300. The van der Waals surface area contributed by atoms with Gasteiger partial charge in [-0.15, -0.1) is 0 Å². The molecular formula is C12H17N2O3S+. The highest BCUT2D eigenvalue weighted by atomic mass is 32.1. The standard InChI is InChI=1S/C12H16N2O3S/c13-12(18)7-2-1-3-14(5-7)9-4-8(6-15)10(16)11(9)17/h1-3,5,8-11,15-17H,4,6H2,(H-,13,18)/p+1. The Morgan fingerprint density at radius 2 is 2.17 bits per heavy atom. The Hall–Kier alpha value is -1.08. The van der Waals surface area contributed by atoms with Crippen LogP contribution in [0.15, 0.2) is 24.5 Å². The number of nitrogens with two attached hydrogens (primary N) is 1. The first-order valence-corrected chi connectivity index (χ1v) is 6.23. The van der Waals surface area contributed by atoms with Crippen LogP contribution < -0.4 is 10.3 Å². The number of rotatable bonds is 3. The van der Waals surface area contributed by atoms with Crippen LogP contribution >= 0.6 is 12.2 Å². The molecular weight excluding hydrogens is 252 g/mol. The van der Waals surface area contributed by atoms with E-state index in [0.29, 0.717) is 12.0 Å². The Balaban J connectivity index is 2.27. The maximum Gasteiger partial charge on any atom is 0.186 e. The molecule has 0 bridgehead atoms. The lowest BCUT2D eigenvalue weighted by Crippen LogP contribution is -2.45. The van der Waals surface area contributed by atoms with Crippen molar-refractivity contribution >= 4 is 17.2 Å². The number of nitrogens with zero attached hydrogens (tertiary/aromatic N) is 1. The van der Waals surface area contributed by atoms with Crippen molar-refractivity contribution in [1.82, 2.24) is 0 Å². The normalized spacial score (nSPS) is 31.5. The second-order valence-corrected chi connectivity index (χ2v) is 5.07. The van der Waals surface area contributed by atoms with Crippen molar-refractivity contribution in [3.63, 3.8) is 0 Å². The van der Waals surface area contributed by atoms with Gasteiger partial charge < -0.3 is 21.1 Å². The lowest BCUT2D eigenvalue weighted by molar-refractivity contribution is -0.728. The minimum atomic E-state index is -0.902. The van der Waals surface area contributed by atoms with E-state index in [2.05, 4.69) is 0 Å². The zero-order chi connectivity index (χ0) is 13.3. The van der Waals surface area contributed by atoms with Crippen molar-refractivity contribution < 1.29 is 19.9 Å². The van der Waals surface area contributed by atoms with E-state index in [9.17, 15) is 10.2 Å². The Labute approximate surface area is 110 Å². The van der Waals surface area contributed by atoms with Gasteiger partial charge in [0.05, 0.1) is 11.7 Å². The van der Waals surface area contributed by atoms with Crippen LogP contribution in [0.4, 0.5) is 0 Å². The van der Waals surface area contributed by atoms with Crippen LogP contribution in [0, 0.1) is 5.92 Å². The summed E-state index contributed by atoms with van der Waals surface area (Å²) in [6.07, 6.45) is 2.27. The van der Waals surface area contributed by atoms with E-state index in [1.54, 1.807) is 29.1 Å². The summed E-state index contributed by atoms with van der Waals surface area (Å²) >= 11 is 4.91.